The highest BCUT2D eigenvalue weighted by molar-refractivity contribution is 7.98. The van der Waals surface area contributed by atoms with Crippen LogP contribution in [0, 0.1) is 5.82 Å². The first-order valence-corrected chi connectivity index (χ1v) is 9.41. The van der Waals surface area contributed by atoms with Gasteiger partial charge in [-0.1, -0.05) is 22.4 Å². The maximum Gasteiger partial charge on any atom is 0.239 e. The summed E-state index contributed by atoms with van der Waals surface area (Å²) in [6.07, 6.45) is 1.32. The van der Waals surface area contributed by atoms with Crippen molar-refractivity contribution in [3.8, 4) is 11.3 Å². The first-order valence-electron chi connectivity index (χ1n) is 8.26. The molecule has 2 aliphatic rings. The van der Waals surface area contributed by atoms with Gasteiger partial charge in [-0.25, -0.2) is 4.39 Å². The zero-order valence-corrected chi connectivity index (χ0v) is 14.4. The van der Waals surface area contributed by atoms with Gasteiger partial charge in [0.05, 0.1) is 27.9 Å². The Labute approximate surface area is 152 Å². The lowest BCUT2D eigenvalue weighted by Gasteiger charge is -2.10. The molecule has 0 unspecified atom stereocenters. The van der Waals surface area contributed by atoms with E-state index in [2.05, 4.69) is 15.6 Å². The van der Waals surface area contributed by atoms with E-state index in [0.717, 1.165) is 22.8 Å². The summed E-state index contributed by atoms with van der Waals surface area (Å²) >= 11 is 1.74. The van der Waals surface area contributed by atoms with Gasteiger partial charge in [0.15, 0.2) is 5.76 Å². The number of rotatable bonds is 4. The summed E-state index contributed by atoms with van der Waals surface area (Å²) in [5, 5.41) is 10.9. The largest absolute Gasteiger partial charge is 0.356 e. The van der Waals surface area contributed by atoms with Crippen LogP contribution in [0.4, 0.5) is 10.3 Å². The van der Waals surface area contributed by atoms with E-state index in [4.69, 9.17) is 9.05 Å². The highest BCUT2D eigenvalue weighted by Gasteiger charge is 2.54. The predicted molar refractivity (Wildman–Crippen MR) is 92.9 cm³/mol. The van der Waals surface area contributed by atoms with E-state index in [1.165, 1.54) is 6.07 Å². The highest BCUT2D eigenvalue weighted by atomic mass is 32.2. The Morgan fingerprint density at radius 2 is 2.04 bits per heavy atom. The molecule has 1 fully saturated rings. The second-order valence-electron chi connectivity index (χ2n) is 6.52. The van der Waals surface area contributed by atoms with Crippen LogP contribution in [0.5, 0.6) is 0 Å². The van der Waals surface area contributed by atoms with Crippen molar-refractivity contribution in [3.63, 3.8) is 0 Å². The Morgan fingerprint density at radius 3 is 2.85 bits per heavy atom. The van der Waals surface area contributed by atoms with Gasteiger partial charge >= 0.3 is 0 Å². The van der Waals surface area contributed by atoms with Crippen molar-refractivity contribution in [1.29, 1.82) is 0 Å². The zero-order valence-electron chi connectivity index (χ0n) is 13.6. The van der Waals surface area contributed by atoms with Crippen LogP contribution in [0.15, 0.2) is 39.4 Å². The number of benzene rings is 1. The third kappa shape index (κ3) is 2.36. The number of hydrogen-bond acceptors (Lipinski definition) is 6. The summed E-state index contributed by atoms with van der Waals surface area (Å²) in [5.74, 6) is 1.73. The van der Waals surface area contributed by atoms with Gasteiger partial charge in [-0.2, -0.15) is 11.8 Å². The van der Waals surface area contributed by atoms with Gasteiger partial charge in [-0.15, -0.1) is 0 Å². The summed E-state index contributed by atoms with van der Waals surface area (Å²) in [6.45, 7) is 0. The van der Waals surface area contributed by atoms with Crippen LogP contribution in [-0.2, 0) is 21.7 Å². The summed E-state index contributed by atoms with van der Waals surface area (Å²) in [5.41, 5.74) is 1.93. The molecule has 0 bridgehead atoms. The lowest BCUT2D eigenvalue weighted by molar-refractivity contribution is -0.118. The van der Waals surface area contributed by atoms with Crippen molar-refractivity contribution < 1.29 is 18.2 Å². The number of amides is 1. The number of carbonyl (C=O) groups excluding carboxylic acids is 1. The van der Waals surface area contributed by atoms with Crippen LogP contribution in [0.25, 0.3) is 11.3 Å². The standard InChI is InChI=1S/C18H14FN3O3S/c19-12-4-2-1-3-10(12)14-7-15(22-24-14)18(5-6-18)17(23)20-16-11-8-26-9-13(11)21-25-16/h1-4,7H,5-6,8-9H2,(H,20,23). The molecular weight excluding hydrogens is 357 g/mol. The quantitative estimate of drug-likeness (QED) is 0.749. The predicted octanol–water partition coefficient (Wildman–Crippen LogP) is 3.89. The number of anilines is 1. The number of nitrogens with one attached hydrogen (secondary N) is 1. The maximum atomic E-state index is 13.9. The SMILES string of the molecule is O=C(Nc1onc2c1CSC2)C1(c2cc(-c3ccccc3F)on2)CC1. The Bertz CT molecular complexity index is 1010. The van der Waals surface area contributed by atoms with Gasteiger partial charge in [-0.05, 0) is 25.0 Å². The number of aromatic nitrogens is 2. The van der Waals surface area contributed by atoms with E-state index in [1.54, 1.807) is 36.0 Å². The van der Waals surface area contributed by atoms with Crippen molar-refractivity contribution in [2.24, 2.45) is 0 Å². The van der Waals surface area contributed by atoms with Crippen molar-refractivity contribution in [2.75, 3.05) is 5.32 Å². The number of nitrogens with zero attached hydrogens (tertiary/aromatic N) is 2. The van der Waals surface area contributed by atoms with Gasteiger partial charge in [0.1, 0.15) is 5.82 Å². The molecule has 1 saturated carbocycles. The molecule has 26 heavy (non-hydrogen) atoms. The smallest absolute Gasteiger partial charge is 0.239 e. The van der Waals surface area contributed by atoms with Crippen LogP contribution >= 0.6 is 11.8 Å². The van der Waals surface area contributed by atoms with Crippen molar-refractivity contribution in [3.05, 3.63) is 53.1 Å². The van der Waals surface area contributed by atoms with Crippen LogP contribution in [0.1, 0.15) is 29.8 Å². The second-order valence-corrected chi connectivity index (χ2v) is 7.51. The molecule has 132 valence electrons. The lowest BCUT2D eigenvalue weighted by atomic mass is 10.00. The summed E-state index contributed by atoms with van der Waals surface area (Å²) < 4.78 is 24.5. The van der Waals surface area contributed by atoms with Crippen LogP contribution < -0.4 is 5.32 Å². The average Bonchev–Trinajstić information content (AvgIpc) is 3.00. The molecule has 0 saturated heterocycles. The van der Waals surface area contributed by atoms with Crippen molar-refractivity contribution in [2.45, 2.75) is 29.8 Å². The summed E-state index contributed by atoms with van der Waals surface area (Å²) in [6, 6.07) is 7.96. The van der Waals surface area contributed by atoms with E-state index < -0.39 is 5.41 Å². The molecule has 0 atom stereocenters. The number of hydrogen-bond donors (Lipinski definition) is 1. The molecule has 5 rings (SSSR count). The minimum Gasteiger partial charge on any atom is -0.356 e. The van der Waals surface area contributed by atoms with Gasteiger partial charge in [0, 0.05) is 17.6 Å². The van der Waals surface area contributed by atoms with Gasteiger partial charge in [-0.3, -0.25) is 10.1 Å². The topological polar surface area (TPSA) is 81.2 Å². The van der Waals surface area contributed by atoms with Crippen LogP contribution in [-0.4, -0.2) is 16.2 Å². The molecule has 8 heteroatoms. The summed E-state index contributed by atoms with van der Waals surface area (Å²) in [4.78, 5) is 12.8. The Kier molecular flexibility index (Phi) is 3.43. The Balaban J connectivity index is 1.41. The van der Waals surface area contributed by atoms with E-state index >= 15 is 0 Å². The minimum atomic E-state index is -0.752. The maximum absolute atomic E-state index is 13.9. The van der Waals surface area contributed by atoms with Crippen molar-refractivity contribution in [1.82, 2.24) is 10.3 Å². The van der Waals surface area contributed by atoms with Crippen LogP contribution in [0.3, 0.4) is 0 Å². The highest BCUT2D eigenvalue weighted by Crippen LogP contribution is 2.49. The molecule has 1 aliphatic heterocycles. The molecule has 3 heterocycles. The first kappa shape index (κ1) is 15.6. The molecule has 1 aliphatic carbocycles. The molecule has 3 aromatic rings. The molecule has 2 aromatic heterocycles. The molecule has 1 aromatic carbocycles. The fourth-order valence-electron chi connectivity index (χ4n) is 3.19. The van der Waals surface area contributed by atoms with Gasteiger partial charge in [0.25, 0.3) is 0 Å². The number of halogens is 1. The minimum absolute atomic E-state index is 0.193. The monoisotopic (exact) mass is 371 g/mol. The van der Waals surface area contributed by atoms with E-state index in [1.807, 2.05) is 0 Å². The fourth-order valence-corrected chi connectivity index (χ4v) is 4.21. The molecule has 6 nitrogen and oxygen atoms in total. The third-order valence-electron chi connectivity index (χ3n) is 4.91. The molecule has 1 N–H and O–H groups in total. The number of fused-ring (bicyclic) bond motifs is 1. The number of carbonyl (C=O) groups is 1. The molecule has 1 amide bonds. The molecular formula is C18H14FN3O3S. The van der Waals surface area contributed by atoms with Gasteiger partial charge < -0.3 is 9.05 Å². The zero-order chi connectivity index (χ0) is 17.7. The van der Waals surface area contributed by atoms with E-state index in [0.29, 0.717) is 35.7 Å². The first-order chi connectivity index (χ1) is 12.7. The van der Waals surface area contributed by atoms with Crippen LogP contribution in [0.2, 0.25) is 0 Å². The Hall–Kier alpha value is -2.61. The van der Waals surface area contributed by atoms with Gasteiger partial charge in [0.2, 0.25) is 11.8 Å². The summed E-state index contributed by atoms with van der Waals surface area (Å²) in [7, 11) is 0. The average molecular weight is 371 g/mol. The normalized spacial score (nSPS) is 17.1. The van der Waals surface area contributed by atoms with Crippen molar-refractivity contribution >= 4 is 23.6 Å². The van der Waals surface area contributed by atoms with E-state index in [-0.39, 0.29) is 11.7 Å². The molecule has 0 spiro atoms. The lowest BCUT2D eigenvalue weighted by Crippen LogP contribution is -2.28. The fraction of sp³-hybridized carbons (Fsp3) is 0.278. The third-order valence-corrected chi connectivity index (χ3v) is 5.88. The molecule has 0 radical (unpaired) electrons. The second kappa shape index (κ2) is 5.70. The van der Waals surface area contributed by atoms with E-state index in [9.17, 15) is 9.18 Å². The number of thioether (sulfide) groups is 1. The Morgan fingerprint density at radius 1 is 1.19 bits per heavy atom.